The Kier molecular flexibility index (Phi) is 6.25. The van der Waals surface area contributed by atoms with E-state index < -0.39 is 33.6 Å². The van der Waals surface area contributed by atoms with Gasteiger partial charge in [-0.2, -0.15) is 5.10 Å². The number of rotatable bonds is 6. The fourth-order valence-corrected chi connectivity index (χ4v) is 3.83. The summed E-state index contributed by atoms with van der Waals surface area (Å²) in [5.41, 5.74) is -1.31. The summed E-state index contributed by atoms with van der Waals surface area (Å²) in [7, 11) is -4.37. The molecular weight excluding hydrogens is 411 g/mol. The minimum Gasteiger partial charge on any atom is -0.271 e. The molecule has 2 aromatic rings. The number of carbonyl (C=O) groups is 1. The Morgan fingerprint density at radius 1 is 1.23 bits per heavy atom. The van der Waals surface area contributed by atoms with Crippen molar-refractivity contribution in [1.29, 1.82) is 0 Å². The first-order chi connectivity index (χ1) is 12.0. The highest BCUT2D eigenvalue weighted by Gasteiger charge is 2.27. The van der Waals surface area contributed by atoms with Crippen molar-refractivity contribution in [2.75, 3.05) is 0 Å². The third-order valence-corrected chi connectivity index (χ3v) is 4.91. The zero-order valence-electron chi connectivity index (χ0n) is 13.7. The predicted molar refractivity (Wildman–Crippen MR) is 93.1 cm³/mol. The molecule has 0 spiro atoms. The van der Waals surface area contributed by atoms with Crippen molar-refractivity contribution in [2.45, 2.75) is 31.7 Å². The highest BCUT2D eigenvalue weighted by atomic mass is 35.5. The van der Waals surface area contributed by atoms with Crippen molar-refractivity contribution in [2.24, 2.45) is 5.92 Å². The van der Waals surface area contributed by atoms with Gasteiger partial charge in [-0.3, -0.25) is 9.48 Å². The van der Waals surface area contributed by atoms with Crippen LogP contribution in [0.15, 0.2) is 29.3 Å². The molecule has 1 amide bonds. The first-order valence-corrected chi connectivity index (χ1v) is 9.62. The van der Waals surface area contributed by atoms with Crippen molar-refractivity contribution in [3.63, 3.8) is 0 Å². The Morgan fingerprint density at radius 2 is 1.81 bits per heavy atom. The van der Waals surface area contributed by atoms with Crippen LogP contribution < -0.4 is 4.72 Å². The molecule has 26 heavy (non-hydrogen) atoms. The van der Waals surface area contributed by atoms with Crippen molar-refractivity contribution >= 4 is 39.1 Å². The Hall–Kier alpha value is -1.71. The van der Waals surface area contributed by atoms with Crippen LogP contribution in [0.5, 0.6) is 0 Å². The molecule has 1 aromatic heterocycles. The highest BCUT2D eigenvalue weighted by molar-refractivity contribution is 7.90. The summed E-state index contributed by atoms with van der Waals surface area (Å²) >= 11 is 11.5. The summed E-state index contributed by atoms with van der Waals surface area (Å²) in [6, 6.07) is 3.47. The standard InChI is InChI=1S/C15H15Cl2F2N3O3S/c1-8(2)6-22-7-12(14(18)19)13(20-22)15(23)21-26(24,25)11-4-9(16)3-10(17)5-11/h3-5,7-8,14H,6H2,1-2H3,(H,21,23). The van der Waals surface area contributed by atoms with Gasteiger partial charge < -0.3 is 0 Å². The molecule has 1 heterocycles. The summed E-state index contributed by atoms with van der Waals surface area (Å²) in [4.78, 5) is 11.9. The zero-order valence-corrected chi connectivity index (χ0v) is 16.0. The molecule has 0 bridgehead atoms. The lowest BCUT2D eigenvalue weighted by atomic mass is 10.2. The van der Waals surface area contributed by atoms with Crippen LogP contribution in [0.4, 0.5) is 8.78 Å². The maximum absolute atomic E-state index is 13.2. The lowest BCUT2D eigenvalue weighted by molar-refractivity contribution is 0.0962. The molecule has 0 atom stereocenters. The van der Waals surface area contributed by atoms with Gasteiger partial charge in [-0.15, -0.1) is 0 Å². The number of halogens is 4. The molecule has 2 rings (SSSR count). The lowest BCUT2D eigenvalue weighted by Gasteiger charge is -2.08. The normalized spacial score (nSPS) is 12.0. The minimum atomic E-state index is -4.37. The molecule has 0 radical (unpaired) electrons. The van der Waals surface area contributed by atoms with Gasteiger partial charge in [0.2, 0.25) is 0 Å². The van der Waals surface area contributed by atoms with Gasteiger partial charge in [0.25, 0.3) is 22.4 Å². The monoisotopic (exact) mass is 425 g/mol. The average molecular weight is 426 g/mol. The smallest absolute Gasteiger partial charge is 0.271 e. The lowest BCUT2D eigenvalue weighted by Crippen LogP contribution is -2.31. The second kappa shape index (κ2) is 7.89. The Balaban J connectivity index is 2.35. The number of nitrogens with one attached hydrogen (secondary N) is 1. The van der Waals surface area contributed by atoms with Crippen molar-refractivity contribution < 1.29 is 22.0 Å². The van der Waals surface area contributed by atoms with E-state index in [1.54, 1.807) is 4.72 Å². The molecule has 1 N–H and O–H groups in total. The van der Waals surface area contributed by atoms with Gasteiger partial charge >= 0.3 is 0 Å². The van der Waals surface area contributed by atoms with Crippen LogP contribution in [0, 0.1) is 5.92 Å². The molecule has 142 valence electrons. The minimum absolute atomic E-state index is 0.0415. The van der Waals surface area contributed by atoms with E-state index in [1.807, 2.05) is 13.8 Å². The van der Waals surface area contributed by atoms with E-state index in [9.17, 15) is 22.0 Å². The fourth-order valence-electron chi connectivity index (χ4n) is 2.15. The zero-order chi connectivity index (χ0) is 19.6. The van der Waals surface area contributed by atoms with Crippen LogP contribution in [-0.2, 0) is 16.6 Å². The number of benzene rings is 1. The number of nitrogens with zero attached hydrogens (tertiary/aromatic N) is 2. The molecule has 0 aliphatic carbocycles. The van der Waals surface area contributed by atoms with Gasteiger partial charge in [0, 0.05) is 22.8 Å². The third-order valence-electron chi connectivity index (χ3n) is 3.17. The van der Waals surface area contributed by atoms with Crippen molar-refractivity contribution in [3.8, 4) is 0 Å². The molecule has 0 aliphatic heterocycles. The molecule has 1 aromatic carbocycles. The van der Waals surface area contributed by atoms with Crippen molar-refractivity contribution in [3.05, 3.63) is 45.7 Å². The molecule has 0 unspecified atom stereocenters. The van der Waals surface area contributed by atoms with E-state index in [1.165, 1.54) is 10.7 Å². The van der Waals surface area contributed by atoms with Crippen LogP contribution in [0.1, 0.15) is 36.3 Å². The summed E-state index contributed by atoms with van der Waals surface area (Å²) < 4.78 is 53.9. The van der Waals surface area contributed by atoms with E-state index in [2.05, 4.69) is 5.10 Å². The first-order valence-electron chi connectivity index (χ1n) is 7.38. The number of hydrogen-bond acceptors (Lipinski definition) is 4. The van der Waals surface area contributed by atoms with Crippen LogP contribution in [0.25, 0.3) is 0 Å². The molecule has 11 heteroatoms. The summed E-state index contributed by atoms with van der Waals surface area (Å²) in [6.45, 7) is 3.98. The molecule has 0 saturated carbocycles. The second-order valence-electron chi connectivity index (χ2n) is 5.89. The van der Waals surface area contributed by atoms with Gasteiger partial charge in [-0.25, -0.2) is 21.9 Å². The Labute approximate surface area is 159 Å². The summed E-state index contributed by atoms with van der Waals surface area (Å²) in [6.07, 6.45) is -1.96. The highest BCUT2D eigenvalue weighted by Crippen LogP contribution is 2.25. The second-order valence-corrected chi connectivity index (χ2v) is 8.44. The van der Waals surface area contributed by atoms with E-state index >= 15 is 0 Å². The van der Waals surface area contributed by atoms with Gasteiger partial charge in [0.05, 0.1) is 10.5 Å². The third kappa shape index (κ3) is 4.93. The number of sulfonamides is 1. The fraction of sp³-hybridized carbons (Fsp3) is 0.333. The van der Waals surface area contributed by atoms with Gasteiger partial charge in [-0.05, 0) is 24.1 Å². The molecule has 6 nitrogen and oxygen atoms in total. The van der Waals surface area contributed by atoms with Crippen LogP contribution in [0.2, 0.25) is 10.0 Å². The van der Waals surface area contributed by atoms with Gasteiger partial charge in [0.15, 0.2) is 5.69 Å². The van der Waals surface area contributed by atoms with E-state index in [-0.39, 0.29) is 20.9 Å². The summed E-state index contributed by atoms with van der Waals surface area (Å²) in [5.74, 6) is -1.17. The molecule has 0 aliphatic rings. The van der Waals surface area contributed by atoms with Crippen LogP contribution >= 0.6 is 23.2 Å². The van der Waals surface area contributed by atoms with E-state index in [0.717, 1.165) is 18.3 Å². The number of amides is 1. The maximum atomic E-state index is 13.2. The van der Waals surface area contributed by atoms with Crippen LogP contribution in [-0.4, -0.2) is 24.1 Å². The van der Waals surface area contributed by atoms with E-state index in [0.29, 0.717) is 6.54 Å². The number of alkyl halides is 2. The van der Waals surface area contributed by atoms with E-state index in [4.69, 9.17) is 23.2 Å². The Bertz CT molecular complexity index is 910. The number of hydrogen-bond donors (Lipinski definition) is 1. The average Bonchev–Trinajstić information content (AvgIpc) is 2.89. The first kappa shape index (κ1) is 20.6. The number of carbonyl (C=O) groups excluding carboxylic acids is 1. The molecular formula is C15H15Cl2F2N3O3S. The van der Waals surface area contributed by atoms with Gasteiger partial charge in [0.1, 0.15) is 0 Å². The predicted octanol–water partition coefficient (Wildman–Crippen LogP) is 3.90. The van der Waals surface area contributed by atoms with Gasteiger partial charge in [-0.1, -0.05) is 37.0 Å². The Morgan fingerprint density at radius 3 is 2.31 bits per heavy atom. The largest absolute Gasteiger partial charge is 0.285 e. The SMILES string of the molecule is CC(C)Cn1cc(C(F)F)c(C(=O)NS(=O)(=O)c2cc(Cl)cc(Cl)c2)n1. The van der Waals surface area contributed by atoms with Crippen LogP contribution in [0.3, 0.4) is 0 Å². The quantitative estimate of drug-likeness (QED) is 0.760. The summed E-state index contributed by atoms with van der Waals surface area (Å²) in [5, 5.41) is 3.88. The number of aromatic nitrogens is 2. The van der Waals surface area contributed by atoms with Crippen molar-refractivity contribution in [1.82, 2.24) is 14.5 Å². The molecule has 0 fully saturated rings. The maximum Gasteiger partial charge on any atom is 0.285 e. The topological polar surface area (TPSA) is 81.1 Å². The molecule has 0 saturated heterocycles.